The van der Waals surface area contributed by atoms with Gasteiger partial charge in [-0.2, -0.15) is 5.10 Å². The van der Waals surface area contributed by atoms with E-state index in [2.05, 4.69) is 25.3 Å². The molecular weight excluding hydrogens is 405 g/mol. The number of hydrogen-bond acceptors (Lipinski definition) is 3. The van der Waals surface area contributed by atoms with Gasteiger partial charge in [0, 0.05) is 10.3 Å². The standard InChI is InChI=1S/C26H26FN3S/c1-6-8-10-19(11-9-7-2)22-14-16(3)29-30-24(18(5)28-26(22)30)25-17(4)21-15-20(27)12-13-23(21)31-25/h6-7,10,12-15H,1-2,8-9,11H2,3-5H3/b19-10+. The maximum Gasteiger partial charge on any atom is 0.162 e. The number of imidazole rings is 1. The van der Waals surface area contributed by atoms with Crippen molar-refractivity contribution in [2.75, 3.05) is 0 Å². The van der Waals surface area contributed by atoms with E-state index in [1.165, 1.54) is 11.6 Å². The van der Waals surface area contributed by atoms with E-state index >= 15 is 0 Å². The fourth-order valence-electron chi connectivity index (χ4n) is 4.00. The Bertz CT molecular complexity index is 1340. The van der Waals surface area contributed by atoms with Crippen molar-refractivity contribution in [1.82, 2.24) is 14.6 Å². The lowest BCUT2D eigenvalue weighted by atomic mass is 10.0. The summed E-state index contributed by atoms with van der Waals surface area (Å²) in [4.78, 5) is 6.02. The van der Waals surface area contributed by atoms with Gasteiger partial charge >= 0.3 is 0 Å². The number of halogens is 1. The molecule has 0 aliphatic carbocycles. The van der Waals surface area contributed by atoms with Crippen LogP contribution in [0.1, 0.15) is 41.8 Å². The van der Waals surface area contributed by atoms with Crippen LogP contribution in [0.25, 0.3) is 31.9 Å². The molecule has 0 bridgehead atoms. The van der Waals surface area contributed by atoms with Crippen LogP contribution in [-0.4, -0.2) is 14.6 Å². The second-order valence-electron chi connectivity index (χ2n) is 7.76. The molecule has 0 amide bonds. The highest BCUT2D eigenvalue weighted by Gasteiger charge is 2.21. The summed E-state index contributed by atoms with van der Waals surface area (Å²) in [7, 11) is 0. The highest BCUT2D eigenvalue weighted by Crippen LogP contribution is 2.40. The number of nitrogens with zero attached hydrogens (tertiary/aromatic N) is 3. The summed E-state index contributed by atoms with van der Waals surface area (Å²) < 4.78 is 16.9. The molecule has 0 aliphatic rings. The van der Waals surface area contributed by atoms with Gasteiger partial charge < -0.3 is 0 Å². The average molecular weight is 432 g/mol. The van der Waals surface area contributed by atoms with Crippen LogP contribution in [0, 0.1) is 26.6 Å². The van der Waals surface area contributed by atoms with Gasteiger partial charge in [-0.1, -0.05) is 18.2 Å². The zero-order chi connectivity index (χ0) is 22.1. The Morgan fingerprint density at radius 3 is 2.71 bits per heavy atom. The van der Waals surface area contributed by atoms with Gasteiger partial charge in [-0.05, 0) is 80.8 Å². The lowest BCUT2D eigenvalue weighted by molar-refractivity contribution is 0.630. The number of fused-ring (bicyclic) bond motifs is 2. The minimum atomic E-state index is -0.217. The molecule has 0 spiro atoms. The Labute approximate surface area is 186 Å². The van der Waals surface area contributed by atoms with Crippen LogP contribution in [0.15, 0.2) is 55.7 Å². The highest BCUT2D eigenvalue weighted by atomic mass is 32.1. The van der Waals surface area contributed by atoms with Crippen molar-refractivity contribution in [2.24, 2.45) is 0 Å². The Kier molecular flexibility index (Phi) is 5.88. The van der Waals surface area contributed by atoms with Crippen molar-refractivity contribution in [2.45, 2.75) is 40.0 Å². The summed E-state index contributed by atoms with van der Waals surface area (Å²) >= 11 is 1.66. The minimum Gasteiger partial charge on any atom is -0.231 e. The van der Waals surface area contributed by atoms with E-state index in [1.807, 2.05) is 43.5 Å². The predicted molar refractivity (Wildman–Crippen MR) is 130 cm³/mol. The molecule has 3 heterocycles. The van der Waals surface area contributed by atoms with Crippen LogP contribution >= 0.6 is 11.3 Å². The van der Waals surface area contributed by atoms with Gasteiger partial charge in [-0.25, -0.2) is 13.9 Å². The third-order valence-electron chi connectivity index (χ3n) is 5.49. The topological polar surface area (TPSA) is 30.2 Å². The molecule has 0 fully saturated rings. The normalized spacial score (nSPS) is 12.1. The smallest absolute Gasteiger partial charge is 0.162 e. The molecule has 0 N–H and O–H groups in total. The lowest BCUT2D eigenvalue weighted by Gasteiger charge is -2.10. The Morgan fingerprint density at radius 2 is 1.97 bits per heavy atom. The fourth-order valence-corrected chi connectivity index (χ4v) is 5.27. The van der Waals surface area contributed by atoms with Crippen LogP contribution in [0.2, 0.25) is 0 Å². The molecule has 4 aromatic rings. The highest BCUT2D eigenvalue weighted by molar-refractivity contribution is 7.22. The Balaban J connectivity index is 1.98. The quantitative estimate of drug-likeness (QED) is 0.282. The van der Waals surface area contributed by atoms with Crippen LogP contribution in [0.5, 0.6) is 0 Å². The monoisotopic (exact) mass is 431 g/mol. The fraction of sp³-hybridized carbons (Fsp3) is 0.231. The SMILES string of the molecule is C=CC/C=C(\CCC=C)c1cc(C)nn2c(-c3sc4ccc(F)cc4c3C)c(C)nc12. The summed E-state index contributed by atoms with van der Waals surface area (Å²) in [5.41, 5.74) is 7.04. The van der Waals surface area contributed by atoms with Crippen molar-refractivity contribution < 1.29 is 4.39 Å². The molecule has 31 heavy (non-hydrogen) atoms. The van der Waals surface area contributed by atoms with E-state index in [9.17, 15) is 4.39 Å². The summed E-state index contributed by atoms with van der Waals surface area (Å²) in [5.74, 6) is -0.217. The van der Waals surface area contributed by atoms with Crippen LogP contribution in [0.3, 0.4) is 0 Å². The van der Waals surface area contributed by atoms with Gasteiger partial charge in [0.2, 0.25) is 0 Å². The average Bonchev–Trinajstić information content (AvgIpc) is 3.23. The number of thiophene rings is 1. The molecule has 1 aromatic carbocycles. The number of aryl methyl sites for hydroxylation is 3. The van der Waals surface area contributed by atoms with E-state index in [4.69, 9.17) is 10.1 Å². The second kappa shape index (κ2) is 8.60. The first-order chi connectivity index (χ1) is 14.9. The summed E-state index contributed by atoms with van der Waals surface area (Å²) in [6.07, 6.45) is 8.63. The largest absolute Gasteiger partial charge is 0.231 e. The maximum atomic E-state index is 13.9. The van der Waals surface area contributed by atoms with Gasteiger partial charge in [0.05, 0.1) is 16.3 Å². The van der Waals surface area contributed by atoms with Gasteiger partial charge in [-0.15, -0.1) is 24.5 Å². The first-order valence-electron chi connectivity index (χ1n) is 10.4. The molecule has 0 unspecified atom stereocenters. The Morgan fingerprint density at radius 1 is 1.16 bits per heavy atom. The van der Waals surface area contributed by atoms with Gasteiger partial charge in [0.15, 0.2) is 5.65 Å². The van der Waals surface area contributed by atoms with E-state index < -0.39 is 0 Å². The molecular formula is C26H26FN3S. The molecule has 3 aromatic heterocycles. The molecule has 4 rings (SSSR count). The molecule has 0 saturated carbocycles. The van der Waals surface area contributed by atoms with Crippen molar-refractivity contribution in [3.8, 4) is 10.6 Å². The third kappa shape index (κ3) is 3.86. The van der Waals surface area contributed by atoms with Crippen LogP contribution in [0.4, 0.5) is 4.39 Å². The molecule has 3 nitrogen and oxygen atoms in total. The summed E-state index contributed by atoms with van der Waals surface area (Å²) in [6, 6.07) is 7.08. The molecule has 0 atom stereocenters. The van der Waals surface area contributed by atoms with Crippen molar-refractivity contribution in [3.63, 3.8) is 0 Å². The third-order valence-corrected chi connectivity index (χ3v) is 6.77. The van der Waals surface area contributed by atoms with Gasteiger partial charge in [0.25, 0.3) is 0 Å². The number of hydrogen-bond donors (Lipinski definition) is 0. The maximum absolute atomic E-state index is 13.9. The molecule has 0 saturated heterocycles. The lowest BCUT2D eigenvalue weighted by Crippen LogP contribution is -2.01. The van der Waals surface area contributed by atoms with E-state index in [0.717, 1.165) is 68.1 Å². The first-order valence-corrected chi connectivity index (χ1v) is 11.2. The number of aromatic nitrogens is 3. The first kappa shape index (κ1) is 21.2. The summed E-state index contributed by atoms with van der Waals surface area (Å²) in [6.45, 7) is 13.8. The van der Waals surface area contributed by atoms with E-state index in [-0.39, 0.29) is 5.82 Å². The number of benzene rings is 1. The van der Waals surface area contributed by atoms with E-state index in [0.29, 0.717) is 0 Å². The predicted octanol–water partition coefficient (Wildman–Crippen LogP) is 7.60. The zero-order valence-corrected chi connectivity index (χ0v) is 19.0. The van der Waals surface area contributed by atoms with Gasteiger partial charge in [-0.3, -0.25) is 0 Å². The Hall–Kier alpha value is -3.05. The van der Waals surface area contributed by atoms with Crippen LogP contribution in [-0.2, 0) is 0 Å². The van der Waals surface area contributed by atoms with Crippen molar-refractivity contribution in [3.05, 3.63) is 84.0 Å². The number of rotatable bonds is 7. The zero-order valence-electron chi connectivity index (χ0n) is 18.2. The van der Waals surface area contributed by atoms with E-state index in [1.54, 1.807) is 17.4 Å². The summed E-state index contributed by atoms with van der Waals surface area (Å²) in [5, 5.41) is 5.77. The van der Waals surface area contributed by atoms with Crippen LogP contribution < -0.4 is 0 Å². The number of allylic oxidation sites excluding steroid dienone is 4. The minimum absolute atomic E-state index is 0.217. The van der Waals surface area contributed by atoms with Crippen molar-refractivity contribution in [1.29, 1.82) is 0 Å². The molecule has 5 heteroatoms. The second-order valence-corrected chi connectivity index (χ2v) is 8.81. The molecule has 0 aliphatic heterocycles. The molecule has 158 valence electrons. The molecule has 0 radical (unpaired) electrons. The van der Waals surface area contributed by atoms with Gasteiger partial charge in [0.1, 0.15) is 11.5 Å². The van der Waals surface area contributed by atoms with Crippen molar-refractivity contribution >= 4 is 32.6 Å².